The smallest absolute Gasteiger partial charge is 0.261 e. The molecule has 0 bridgehead atoms. The van der Waals surface area contributed by atoms with Gasteiger partial charge in [0.05, 0.1) is 0 Å². The van der Waals surface area contributed by atoms with E-state index in [1.165, 1.54) is 0 Å². The van der Waals surface area contributed by atoms with Crippen LogP contribution in [0.3, 0.4) is 0 Å². The van der Waals surface area contributed by atoms with Gasteiger partial charge in [0.15, 0.2) is 11.5 Å². The first kappa shape index (κ1) is 17.6. The lowest BCUT2D eigenvalue weighted by Gasteiger charge is -2.21. The van der Waals surface area contributed by atoms with Crippen LogP contribution in [0.2, 0.25) is 0 Å². The Morgan fingerprint density at radius 2 is 1.76 bits per heavy atom. The highest BCUT2D eigenvalue weighted by molar-refractivity contribution is 6.06. The summed E-state index contributed by atoms with van der Waals surface area (Å²) in [5, 5.41) is 2.90. The van der Waals surface area contributed by atoms with Crippen LogP contribution in [0.15, 0.2) is 66.9 Å². The molecule has 2 aromatic carbocycles. The molecule has 6 heteroatoms. The van der Waals surface area contributed by atoms with Crippen molar-refractivity contribution in [3.63, 3.8) is 0 Å². The number of anilines is 1. The summed E-state index contributed by atoms with van der Waals surface area (Å²) < 4.78 is 17.9. The van der Waals surface area contributed by atoms with Crippen molar-refractivity contribution in [2.45, 2.75) is 31.5 Å². The molecule has 3 aromatic rings. The Morgan fingerprint density at radius 3 is 2.59 bits per heavy atom. The number of nitrogens with zero attached hydrogens (tertiary/aromatic N) is 1. The molecule has 1 aliphatic carbocycles. The van der Waals surface area contributed by atoms with Gasteiger partial charge >= 0.3 is 0 Å². The van der Waals surface area contributed by atoms with Gasteiger partial charge in [0.2, 0.25) is 5.88 Å². The van der Waals surface area contributed by atoms with Crippen LogP contribution in [0.4, 0.5) is 5.69 Å². The molecule has 6 nitrogen and oxygen atoms in total. The Labute approximate surface area is 168 Å². The van der Waals surface area contributed by atoms with Crippen molar-refractivity contribution < 1.29 is 19.0 Å². The van der Waals surface area contributed by atoms with Crippen LogP contribution < -0.4 is 19.5 Å². The average molecular weight is 388 g/mol. The fourth-order valence-corrected chi connectivity index (χ4v) is 3.73. The zero-order valence-corrected chi connectivity index (χ0v) is 15.8. The molecule has 1 aliphatic heterocycles. The maximum Gasteiger partial charge on any atom is 0.261 e. The minimum Gasteiger partial charge on any atom is -0.448 e. The number of rotatable bonds is 4. The molecule has 1 aromatic heterocycles. The van der Waals surface area contributed by atoms with Gasteiger partial charge < -0.3 is 19.5 Å². The highest BCUT2D eigenvalue weighted by atomic mass is 16.7. The number of nitrogens with one attached hydrogen (secondary N) is 1. The van der Waals surface area contributed by atoms with Crippen molar-refractivity contribution in [2.75, 3.05) is 5.32 Å². The van der Waals surface area contributed by atoms with Crippen molar-refractivity contribution in [1.29, 1.82) is 0 Å². The molecule has 2 heterocycles. The zero-order chi connectivity index (χ0) is 19.7. The van der Waals surface area contributed by atoms with Crippen molar-refractivity contribution in [2.24, 2.45) is 0 Å². The Hall–Kier alpha value is -3.54. The third kappa shape index (κ3) is 3.49. The number of para-hydroxylation sites is 1. The summed E-state index contributed by atoms with van der Waals surface area (Å²) in [5.74, 6) is 1.42. The molecule has 29 heavy (non-hydrogen) atoms. The molecule has 1 amide bonds. The van der Waals surface area contributed by atoms with E-state index in [4.69, 9.17) is 14.2 Å². The van der Waals surface area contributed by atoms with Gasteiger partial charge in [-0.1, -0.05) is 18.2 Å². The maximum absolute atomic E-state index is 12.9. The summed E-state index contributed by atoms with van der Waals surface area (Å²) in [5.41, 5.74) is 0.975. The SMILES string of the molecule is O=C(Nc1ccc2c(c1)OC1(CCCC1)O2)c1cccnc1Oc1ccccc1. The highest BCUT2D eigenvalue weighted by Crippen LogP contribution is 2.47. The molecule has 0 radical (unpaired) electrons. The van der Waals surface area contributed by atoms with Gasteiger partial charge in [-0.15, -0.1) is 0 Å². The van der Waals surface area contributed by atoms with Crippen molar-refractivity contribution in [3.05, 3.63) is 72.4 Å². The van der Waals surface area contributed by atoms with Crippen LogP contribution in [-0.2, 0) is 0 Å². The number of hydrogen-bond acceptors (Lipinski definition) is 5. The molecule has 1 N–H and O–H groups in total. The molecule has 146 valence electrons. The van der Waals surface area contributed by atoms with Gasteiger partial charge in [0.25, 0.3) is 11.7 Å². The molecular weight excluding hydrogens is 368 g/mol. The van der Waals surface area contributed by atoms with E-state index in [-0.39, 0.29) is 11.8 Å². The van der Waals surface area contributed by atoms with Crippen molar-refractivity contribution in [1.82, 2.24) is 4.98 Å². The lowest BCUT2D eigenvalue weighted by Crippen LogP contribution is -2.34. The van der Waals surface area contributed by atoms with Crippen LogP contribution in [0.5, 0.6) is 23.1 Å². The minimum atomic E-state index is -0.523. The Kier molecular flexibility index (Phi) is 4.31. The van der Waals surface area contributed by atoms with Crippen LogP contribution in [0.25, 0.3) is 0 Å². The minimum absolute atomic E-state index is 0.252. The summed E-state index contributed by atoms with van der Waals surface area (Å²) in [6.45, 7) is 0. The van der Waals surface area contributed by atoms with Gasteiger partial charge in [-0.25, -0.2) is 4.98 Å². The standard InChI is InChI=1S/C23H20N2O4/c26-21(18-9-6-14-24-22(18)27-17-7-2-1-3-8-17)25-16-10-11-19-20(15-16)29-23(28-19)12-4-5-13-23/h1-3,6-11,14-15H,4-5,12-13H2,(H,25,26). The second-order valence-corrected chi connectivity index (χ2v) is 7.21. The van der Waals surface area contributed by atoms with Crippen LogP contribution >= 0.6 is 0 Å². The second-order valence-electron chi connectivity index (χ2n) is 7.21. The second kappa shape index (κ2) is 7.13. The van der Waals surface area contributed by atoms with Crippen molar-refractivity contribution in [3.8, 4) is 23.1 Å². The quantitative estimate of drug-likeness (QED) is 0.668. The maximum atomic E-state index is 12.9. The van der Waals surface area contributed by atoms with E-state index in [2.05, 4.69) is 10.3 Å². The van der Waals surface area contributed by atoms with E-state index in [0.29, 0.717) is 22.7 Å². The van der Waals surface area contributed by atoms with Gasteiger partial charge in [0.1, 0.15) is 11.3 Å². The predicted octanol–water partition coefficient (Wildman–Crippen LogP) is 5.17. The molecule has 1 fully saturated rings. The molecular formula is C23H20N2O4. The average Bonchev–Trinajstić information content (AvgIpc) is 3.34. The number of amides is 1. The van der Waals surface area contributed by atoms with Gasteiger partial charge in [-0.05, 0) is 49.2 Å². The fraction of sp³-hybridized carbons (Fsp3) is 0.217. The summed E-state index contributed by atoms with van der Waals surface area (Å²) in [4.78, 5) is 17.1. The van der Waals surface area contributed by atoms with Gasteiger partial charge in [-0.2, -0.15) is 0 Å². The van der Waals surface area contributed by atoms with E-state index >= 15 is 0 Å². The van der Waals surface area contributed by atoms with E-state index < -0.39 is 5.79 Å². The number of pyridine rings is 1. The molecule has 1 saturated carbocycles. The predicted molar refractivity (Wildman–Crippen MR) is 108 cm³/mol. The normalized spacial score (nSPS) is 16.0. The summed E-state index contributed by atoms with van der Waals surface area (Å²) >= 11 is 0. The van der Waals surface area contributed by atoms with Crippen LogP contribution in [0.1, 0.15) is 36.0 Å². The van der Waals surface area contributed by atoms with E-state index in [1.54, 1.807) is 24.4 Å². The third-order valence-electron chi connectivity index (χ3n) is 5.13. The number of carbonyl (C=O) groups excluding carboxylic acids is 1. The van der Waals surface area contributed by atoms with E-state index in [0.717, 1.165) is 31.4 Å². The summed E-state index contributed by atoms with van der Waals surface area (Å²) in [6, 6.07) is 18.1. The molecule has 0 unspecified atom stereocenters. The van der Waals surface area contributed by atoms with Crippen molar-refractivity contribution >= 4 is 11.6 Å². The lowest BCUT2D eigenvalue weighted by molar-refractivity contribution is -0.0716. The van der Waals surface area contributed by atoms with Gasteiger partial charge in [-0.3, -0.25) is 4.79 Å². The highest BCUT2D eigenvalue weighted by Gasteiger charge is 2.44. The van der Waals surface area contributed by atoms with E-state index in [1.807, 2.05) is 42.5 Å². The Morgan fingerprint density at radius 1 is 0.966 bits per heavy atom. The first-order valence-electron chi connectivity index (χ1n) is 9.72. The monoisotopic (exact) mass is 388 g/mol. The number of hydrogen-bond donors (Lipinski definition) is 1. The summed E-state index contributed by atoms with van der Waals surface area (Å²) in [7, 11) is 0. The first-order valence-corrected chi connectivity index (χ1v) is 9.72. The summed E-state index contributed by atoms with van der Waals surface area (Å²) in [6.07, 6.45) is 5.57. The number of carbonyl (C=O) groups is 1. The van der Waals surface area contributed by atoms with Crippen LogP contribution in [0, 0.1) is 0 Å². The number of benzene rings is 2. The Balaban J connectivity index is 1.34. The molecule has 0 saturated heterocycles. The largest absolute Gasteiger partial charge is 0.448 e. The zero-order valence-electron chi connectivity index (χ0n) is 15.8. The molecule has 2 aliphatic rings. The Bertz CT molecular complexity index is 1050. The number of ether oxygens (including phenoxy) is 3. The first-order chi connectivity index (χ1) is 14.2. The molecule has 1 spiro atoms. The third-order valence-corrected chi connectivity index (χ3v) is 5.13. The van der Waals surface area contributed by atoms with Crippen LogP contribution in [-0.4, -0.2) is 16.7 Å². The molecule has 5 rings (SSSR count). The number of fused-ring (bicyclic) bond motifs is 1. The topological polar surface area (TPSA) is 69.7 Å². The van der Waals surface area contributed by atoms with E-state index in [9.17, 15) is 4.79 Å². The van der Waals surface area contributed by atoms with Gasteiger partial charge in [0, 0.05) is 30.8 Å². The molecule has 0 atom stereocenters. The number of aromatic nitrogens is 1. The fourth-order valence-electron chi connectivity index (χ4n) is 3.73. The lowest BCUT2D eigenvalue weighted by atomic mass is 10.2.